The zero-order valence-corrected chi connectivity index (χ0v) is 6.63. The van der Waals surface area contributed by atoms with Crippen molar-refractivity contribution < 1.29 is 4.39 Å². The van der Waals surface area contributed by atoms with E-state index in [1.807, 2.05) is 0 Å². The van der Waals surface area contributed by atoms with E-state index in [1.165, 1.54) is 12.3 Å². The van der Waals surface area contributed by atoms with Crippen LogP contribution in [0.25, 0.3) is 5.57 Å². The van der Waals surface area contributed by atoms with Gasteiger partial charge in [-0.05, 0) is 24.8 Å². The highest BCUT2D eigenvalue weighted by atomic mass is 19.1. The molecule has 0 saturated carbocycles. The molecule has 1 aromatic rings. The predicted octanol–water partition coefficient (Wildman–Crippen LogP) is 2.18. The minimum Gasteiger partial charge on any atom is -0.237 e. The lowest BCUT2D eigenvalue weighted by atomic mass is 10.2. The molecule has 0 radical (unpaired) electrons. The van der Waals surface area contributed by atoms with Crippen LogP contribution < -0.4 is 0 Å². The van der Waals surface area contributed by atoms with Crippen LogP contribution in [0.2, 0.25) is 0 Å². The Hall–Kier alpha value is -1.25. The molecule has 1 aromatic heterocycles. The van der Waals surface area contributed by atoms with Gasteiger partial charge in [0, 0.05) is 12.3 Å². The van der Waals surface area contributed by atoms with Gasteiger partial charge in [0.25, 0.3) is 0 Å². The summed E-state index contributed by atoms with van der Waals surface area (Å²) >= 11 is 0. The number of halogens is 1. The van der Waals surface area contributed by atoms with Gasteiger partial charge in [0.05, 0.1) is 0 Å². The summed E-state index contributed by atoms with van der Waals surface area (Å²) in [5.74, 6) is 0.0975. The number of nitrogens with zero attached hydrogens (tertiary/aromatic N) is 2. The first-order valence-electron chi connectivity index (χ1n) is 4.04. The van der Waals surface area contributed by atoms with Crippen LogP contribution in [-0.4, -0.2) is 9.97 Å². The minimum absolute atomic E-state index is 0.451. The summed E-state index contributed by atoms with van der Waals surface area (Å²) in [5, 5.41) is 0. The van der Waals surface area contributed by atoms with Crippen LogP contribution in [0.3, 0.4) is 0 Å². The fourth-order valence-electron chi connectivity index (χ4n) is 1.37. The van der Waals surface area contributed by atoms with Gasteiger partial charge in [0.1, 0.15) is 0 Å². The van der Waals surface area contributed by atoms with Crippen LogP contribution in [-0.2, 0) is 0 Å². The summed E-state index contributed by atoms with van der Waals surface area (Å²) in [6.07, 6.45) is 6.71. The van der Waals surface area contributed by atoms with Gasteiger partial charge in [0.15, 0.2) is 5.82 Å². The van der Waals surface area contributed by atoms with Crippen molar-refractivity contribution in [2.45, 2.75) is 19.3 Å². The Balaban J connectivity index is 2.33. The zero-order chi connectivity index (χ0) is 8.39. The van der Waals surface area contributed by atoms with Crippen molar-refractivity contribution in [1.29, 1.82) is 0 Å². The Labute approximate surface area is 70.2 Å². The molecule has 1 aliphatic rings. The number of rotatable bonds is 1. The van der Waals surface area contributed by atoms with Crippen LogP contribution in [0.1, 0.15) is 25.1 Å². The molecule has 0 amide bonds. The van der Waals surface area contributed by atoms with Gasteiger partial charge in [-0.2, -0.15) is 9.37 Å². The number of aromatic nitrogens is 2. The minimum atomic E-state index is -0.451. The molecule has 0 N–H and O–H groups in total. The van der Waals surface area contributed by atoms with Crippen molar-refractivity contribution in [3.63, 3.8) is 0 Å². The summed E-state index contributed by atoms with van der Waals surface area (Å²) in [6.45, 7) is 0. The molecule has 1 heterocycles. The van der Waals surface area contributed by atoms with E-state index in [0.717, 1.165) is 24.8 Å². The predicted molar refractivity (Wildman–Crippen MR) is 43.8 cm³/mol. The van der Waals surface area contributed by atoms with Crippen LogP contribution in [0.5, 0.6) is 0 Å². The molecule has 0 aromatic carbocycles. The van der Waals surface area contributed by atoms with Crippen LogP contribution in [0, 0.1) is 5.95 Å². The molecule has 0 bridgehead atoms. The second-order valence-corrected chi connectivity index (χ2v) is 2.82. The third kappa shape index (κ3) is 1.35. The lowest BCUT2D eigenvalue weighted by Gasteiger charge is -1.97. The second kappa shape index (κ2) is 3.01. The van der Waals surface area contributed by atoms with E-state index in [4.69, 9.17) is 0 Å². The van der Waals surface area contributed by atoms with Crippen molar-refractivity contribution in [3.05, 3.63) is 30.1 Å². The second-order valence-electron chi connectivity index (χ2n) is 2.82. The average Bonchev–Trinajstić information content (AvgIpc) is 2.56. The van der Waals surface area contributed by atoms with Crippen LogP contribution in [0.4, 0.5) is 4.39 Å². The number of hydrogen-bond donors (Lipinski definition) is 0. The summed E-state index contributed by atoms with van der Waals surface area (Å²) in [6, 6.07) is 1.26. The lowest BCUT2D eigenvalue weighted by Crippen LogP contribution is -1.93. The molecule has 2 nitrogen and oxygen atoms in total. The highest BCUT2D eigenvalue weighted by Crippen LogP contribution is 2.24. The molecular formula is C9H9FN2. The molecule has 1 aliphatic carbocycles. The van der Waals surface area contributed by atoms with Crippen molar-refractivity contribution in [2.75, 3.05) is 0 Å². The first-order chi connectivity index (χ1) is 5.86. The molecule has 0 atom stereocenters. The van der Waals surface area contributed by atoms with E-state index in [0.29, 0.717) is 5.82 Å². The van der Waals surface area contributed by atoms with Crippen molar-refractivity contribution in [2.24, 2.45) is 0 Å². The third-order valence-electron chi connectivity index (χ3n) is 1.95. The van der Waals surface area contributed by atoms with Gasteiger partial charge in [-0.1, -0.05) is 6.08 Å². The Kier molecular flexibility index (Phi) is 1.86. The SMILES string of the molecule is Fc1ccnc(C2=CCCC2)n1. The normalized spacial score (nSPS) is 16.2. The summed E-state index contributed by atoms with van der Waals surface area (Å²) < 4.78 is 12.6. The van der Waals surface area contributed by atoms with E-state index < -0.39 is 5.95 Å². The molecule has 0 fully saturated rings. The third-order valence-corrected chi connectivity index (χ3v) is 1.95. The van der Waals surface area contributed by atoms with Gasteiger partial charge < -0.3 is 0 Å². The topological polar surface area (TPSA) is 25.8 Å². The summed E-state index contributed by atoms with van der Waals surface area (Å²) in [4.78, 5) is 7.71. The van der Waals surface area contributed by atoms with Crippen LogP contribution in [0.15, 0.2) is 18.3 Å². The largest absolute Gasteiger partial charge is 0.237 e. The maximum atomic E-state index is 12.6. The molecular weight excluding hydrogens is 155 g/mol. The highest BCUT2D eigenvalue weighted by Gasteiger charge is 2.09. The van der Waals surface area contributed by atoms with Crippen LogP contribution >= 0.6 is 0 Å². The van der Waals surface area contributed by atoms with E-state index in [-0.39, 0.29) is 0 Å². The maximum Gasteiger partial charge on any atom is 0.216 e. The quantitative estimate of drug-likeness (QED) is 0.594. The maximum absolute atomic E-state index is 12.6. The smallest absolute Gasteiger partial charge is 0.216 e. The number of allylic oxidation sites excluding steroid dienone is 2. The van der Waals surface area contributed by atoms with Crippen molar-refractivity contribution in [3.8, 4) is 0 Å². The Bertz CT molecular complexity index is 320. The fourth-order valence-corrected chi connectivity index (χ4v) is 1.37. The van der Waals surface area contributed by atoms with Crippen molar-refractivity contribution in [1.82, 2.24) is 9.97 Å². The van der Waals surface area contributed by atoms with Gasteiger partial charge in [0.2, 0.25) is 5.95 Å². The van der Waals surface area contributed by atoms with Gasteiger partial charge in [-0.25, -0.2) is 4.98 Å². The summed E-state index contributed by atoms with van der Waals surface area (Å²) in [7, 11) is 0. The molecule has 2 rings (SSSR count). The van der Waals surface area contributed by atoms with Gasteiger partial charge >= 0.3 is 0 Å². The van der Waals surface area contributed by atoms with E-state index in [1.54, 1.807) is 0 Å². The fraction of sp³-hybridized carbons (Fsp3) is 0.333. The Morgan fingerprint density at radius 3 is 3.00 bits per heavy atom. The van der Waals surface area contributed by atoms with Crippen molar-refractivity contribution >= 4 is 5.57 Å². The van der Waals surface area contributed by atoms with Gasteiger partial charge in [-0.15, -0.1) is 0 Å². The Morgan fingerprint density at radius 1 is 1.42 bits per heavy atom. The average molecular weight is 164 g/mol. The molecule has 12 heavy (non-hydrogen) atoms. The lowest BCUT2D eigenvalue weighted by molar-refractivity contribution is 0.577. The molecule has 0 spiro atoms. The standard InChI is InChI=1S/C9H9FN2/c10-8-5-6-11-9(12-8)7-3-1-2-4-7/h3,5-6H,1-2,4H2. The molecule has 3 heteroatoms. The molecule has 0 aliphatic heterocycles. The van der Waals surface area contributed by atoms with E-state index >= 15 is 0 Å². The first kappa shape index (κ1) is 7.40. The molecule has 0 saturated heterocycles. The first-order valence-corrected chi connectivity index (χ1v) is 4.04. The zero-order valence-electron chi connectivity index (χ0n) is 6.63. The monoisotopic (exact) mass is 164 g/mol. The van der Waals surface area contributed by atoms with E-state index in [9.17, 15) is 4.39 Å². The highest BCUT2D eigenvalue weighted by molar-refractivity contribution is 5.61. The summed E-state index contributed by atoms with van der Waals surface area (Å²) in [5.41, 5.74) is 1.08. The molecule has 62 valence electrons. The van der Waals surface area contributed by atoms with E-state index in [2.05, 4.69) is 16.0 Å². The Morgan fingerprint density at radius 2 is 2.33 bits per heavy atom. The van der Waals surface area contributed by atoms with Gasteiger partial charge in [-0.3, -0.25) is 0 Å². The number of hydrogen-bond acceptors (Lipinski definition) is 2. The molecule has 0 unspecified atom stereocenters.